The fourth-order valence-electron chi connectivity index (χ4n) is 1.23. The Balaban J connectivity index is 4.28. The summed E-state index contributed by atoms with van der Waals surface area (Å²) in [5.74, 6) is -1.77. The second-order valence-electron chi connectivity index (χ2n) is 5.05. The molecule has 0 heterocycles. The molecule has 20 heavy (non-hydrogen) atoms. The van der Waals surface area contributed by atoms with Crippen LogP contribution in [0.15, 0.2) is 12.7 Å². The molecular weight excluding hydrogens is 266 g/mol. The van der Waals surface area contributed by atoms with E-state index in [0.717, 1.165) is 0 Å². The van der Waals surface area contributed by atoms with Gasteiger partial charge in [0.25, 0.3) is 0 Å². The van der Waals surface area contributed by atoms with E-state index in [2.05, 4.69) is 16.6 Å². The molecule has 0 aliphatic carbocycles. The predicted molar refractivity (Wildman–Crippen MR) is 71.2 cm³/mol. The molecule has 0 aromatic heterocycles. The van der Waals surface area contributed by atoms with E-state index >= 15 is 0 Å². The van der Waals surface area contributed by atoms with Crippen molar-refractivity contribution in [2.45, 2.75) is 45.3 Å². The van der Waals surface area contributed by atoms with Crippen LogP contribution in [0.4, 0.5) is 4.79 Å². The van der Waals surface area contributed by atoms with Gasteiger partial charge in [0.05, 0.1) is 0 Å². The molecule has 0 radical (unpaired) electrons. The number of carboxylic acid groups (broad SMARTS) is 1. The van der Waals surface area contributed by atoms with Crippen LogP contribution in [0.2, 0.25) is 0 Å². The Hall–Kier alpha value is -2.05. The van der Waals surface area contributed by atoms with Crippen LogP contribution in [0.3, 0.4) is 0 Å². The summed E-state index contributed by atoms with van der Waals surface area (Å²) >= 11 is 0. The Bertz CT molecular complexity index is 372. The maximum absolute atomic E-state index is 11.5. The molecule has 114 valence electrons. The fraction of sp³-hybridized carbons (Fsp3) is 0.615. The van der Waals surface area contributed by atoms with E-state index in [0.29, 0.717) is 0 Å². The van der Waals surface area contributed by atoms with Crippen molar-refractivity contribution >= 4 is 18.0 Å². The number of rotatable bonds is 7. The van der Waals surface area contributed by atoms with Gasteiger partial charge in [0, 0.05) is 6.42 Å². The summed E-state index contributed by atoms with van der Waals surface area (Å²) in [5.41, 5.74) is -0.633. The zero-order valence-electron chi connectivity index (χ0n) is 12.0. The van der Waals surface area contributed by atoms with Crippen LogP contribution in [-0.2, 0) is 19.1 Å². The molecule has 0 spiro atoms. The summed E-state index contributed by atoms with van der Waals surface area (Å²) < 4.78 is 9.66. The molecule has 7 nitrogen and oxygen atoms in total. The van der Waals surface area contributed by atoms with Gasteiger partial charge in [0.15, 0.2) is 0 Å². The average molecular weight is 287 g/mol. The number of amides is 1. The molecule has 0 unspecified atom stereocenters. The number of esters is 1. The van der Waals surface area contributed by atoms with E-state index in [1.165, 1.54) is 6.08 Å². The molecule has 0 aromatic carbocycles. The van der Waals surface area contributed by atoms with E-state index < -0.39 is 29.7 Å². The number of alkyl carbamates (subject to hydrolysis) is 1. The van der Waals surface area contributed by atoms with Crippen LogP contribution < -0.4 is 5.32 Å². The molecule has 0 saturated carbocycles. The number of carboxylic acids is 1. The maximum atomic E-state index is 11.5. The zero-order valence-corrected chi connectivity index (χ0v) is 12.0. The summed E-state index contributed by atoms with van der Waals surface area (Å²) in [7, 11) is 0. The van der Waals surface area contributed by atoms with Crippen LogP contribution in [0.25, 0.3) is 0 Å². The third-order valence-electron chi connectivity index (χ3n) is 1.98. The molecule has 0 fully saturated rings. The first-order valence-corrected chi connectivity index (χ1v) is 6.14. The SMILES string of the molecule is C=CCOC(=O)N[C@H](CCC(=O)OC(C)(C)C)C(=O)O. The summed E-state index contributed by atoms with van der Waals surface area (Å²) in [5, 5.41) is 11.1. The number of hydrogen-bond donors (Lipinski definition) is 2. The van der Waals surface area contributed by atoms with Crippen LogP contribution in [-0.4, -0.2) is 41.4 Å². The second kappa shape index (κ2) is 8.19. The van der Waals surface area contributed by atoms with E-state index in [1.54, 1.807) is 20.8 Å². The van der Waals surface area contributed by atoms with Gasteiger partial charge in [-0.25, -0.2) is 9.59 Å². The minimum Gasteiger partial charge on any atom is -0.480 e. The highest BCUT2D eigenvalue weighted by Crippen LogP contribution is 2.10. The van der Waals surface area contributed by atoms with Crippen LogP contribution >= 0.6 is 0 Å². The molecule has 0 rings (SSSR count). The Labute approximate surface area is 117 Å². The van der Waals surface area contributed by atoms with Crippen LogP contribution in [0.5, 0.6) is 0 Å². The maximum Gasteiger partial charge on any atom is 0.408 e. The largest absolute Gasteiger partial charge is 0.480 e. The third kappa shape index (κ3) is 8.96. The second-order valence-corrected chi connectivity index (χ2v) is 5.05. The number of aliphatic carboxylic acids is 1. The van der Waals surface area contributed by atoms with Gasteiger partial charge in [-0.3, -0.25) is 4.79 Å². The van der Waals surface area contributed by atoms with Crippen molar-refractivity contribution in [3.8, 4) is 0 Å². The highest BCUT2D eigenvalue weighted by molar-refractivity contribution is 5.80. The lowest BCUT2D eigenvalue weighted by molar-refractivity contribution is -0.155. The quantitative estimate of drug-likeness (QED) is 0.543. The molecule has 0 bridgehead atoms. The van der Waals surface area contributed by atoms with Gasteiger partial charge in [-0.05, 0) is 27.2 Å². The summed E-state index contributed by atoms with van der Waals surface area (Å²) in [6.07, 6.45) is 0.293. The number of nitrogens with one attached hydrogen (secondary N) is 1. The van der Waals surface area contributed by atoms with Gasteiger partial charge in [0.2, 0.25) is 0 Å². The molecule has 1 amide bonds. The summed E-state index contributed by atoms with van der Waals surface area (Å²) in [6.45, 7) is 8.47. The minimum atomic E-state index is -1.25. The standard InChI is InChI=1S/C13H21NO6/c1-5-8-19-12(18)14-9(11(16)17)6-7-10(15)20-13(2,3)4/h5,9H,1,6-8H2,2-4H3,(H,14,18)(H,16,17)/t9-/m1/s1. The number of carbonyl (C=O) groups is 3. The summed E-state index contributed by atoms with van der Waals surface area (Å²) in [4.78, 5) is 33.7. The number of carbonyl (C=O) groups excluding carboxylic acids is 2. The highest BCUT2D eigenvalue weighted by Gasteiger charge is 2.23. The average Bonchev–Trinajstić information content (AvgIpc) is 2.29. The predicted octanol–water partition coefficient (Wildman–Crippen LogP) is 1.47. The van der Waals surface area contributed by atoms with Crippen molar-refractivity contribution < 1.29 is 29.0 Å². The molecule has 0 aliphatic rings. The lowest BCUT2D eigenvalue weighted by Crippen LogP contribution is -2.41. The Morgan fingerprint density at radius 2 is 1.95 bits per heavy atom. The van der Waals surface area contributed by atoms with Crippen LogP contribution in [0.1, 0.15) is 33.6 Å². The summed E-state index contributed by atoms with van der Waals surface area (Å²) in [6, 6.07) is -1.21. The van der Waals surface area contributed by atoms with Gasteiger partial charge in [-0.1, -0.05) is 12.7 Å². The first kappa shape index (κ1) is 17.9. The third-order valence-corrected chi connectivity index (χ3v) is 1.98. The normalized spacial score (nSPS) is 12.2. The van der Waals surface area contributed by atoms with Crippen molar-refractivity contribution in [2.24, 2.45) is 0 Å². The Morgan fingerprint density at radius 3 is 2.40 bits per heavy atom. The molecule has 0 aromatic rings. The van der Waals surface area contributed by atoms with Gasteiger partial charge in [-0.2, -0.15) is 0 Å². The van der Waals surface area contributed by atoms with Crippen molar-refractivity contribution in [3.63, 3.8) is 0 Å². The molecule has 7 heteroatoms. The van der Waals surface area contributed by atoms with E-state index in [9.17, 15) is 14.4 Å². The number of ether oxygens (including phenoxy) is 2. The van der Waals surface area contributed by atoms with Gasteiger partial charge < -0.3 is 19.9 Å². The highest BCUT2D eigenvalue weighted by atomic mass is 16.6. The van der Waals surface area contributed by atoms with Crippen molar-refractivity contribution in [2.75, 3.05) is 6.61 Å². The molecule has 0 saturated heterocycles. The first-order valence-electron chi connectivity index (χ1n) is 6.14. The monoisotopic (exact) mass is 287 g/mol. The van der Waals surface area contributed by atoms with E-state index in [-0.39, 0.29) is 19.4 Å². The first-order chi connectivity index (χ1) is 9.15. The molecule has 0 aliphatic heterocycles. The molecule has 2 N–H and O–H groups in total. The molecular formula is C13H21NO6. The Kier molecular flexibility index (Phi) is 7.35. The fourth-order valence-corrected chi connectivity index (χ4v) is 1.23. The number of hydrogen-bond acceptors (Lipinski definition) is 5. The van der Waals surface area contributed by atoms with Crippen molar-refractivity contribution in [3.05, 3.63) is 12.7 Å². The van der Waals surface area contributed by atoms with Gasteiger partial charge in [0.1, 0.15) is 18.2 Å². The van der Waals surface area contributed by atoms with E-state index in [4.69, 9.17) is 9.84 Å². The van der Waals surface area contributed by atoms with Crippen LogP contribution in [0, 0.1) is 0 Å². The molecule has 1 atom stereocenters. The Morgan fingerprint density at radius 1 is 1.35 bits per heavy atom. The van der Waals surface area contributed by atoms with Crippen molar-refractivity contribution in [1.29, 1.82) is 0 Å². The minimum absolute atomic E-state index is 0.0236. The van der Waals surface area contributed by atoms with E-state index in [1.807, 2.05) is 0 Å². The topological polar surface area (TPSA) is 102 Å². The van der Waals surface area contributed by atoms with Gasteiger partial charge in [-0.15, -0.1) is 0 Å². The zero-order chi connectivity index (χ0) is 15.8. The van der Waals surface area contributed by atoms with Gasteiger partial charge >= 0.3 is 18.0 Å². The van der Waals surface area contributed by atoms with Crippen molar-refractivity contribution in [1.82, 2.24) is 5.32 Å². The lowest BCUT2D eigenvalue weighted by atomic mass is 10.1. The smallest absolute Gasteiger partial charge is 0.408 e. The lowest BCUT2D eigenvalue weighted by Gasteiger charge is -2.20.